The molecule has 23 heavy (non-hydrogen) atoms. The molecular formula is C18H19FN2O2. The largest absolute Gasteiger partial charge is 0.481 e. The van der Waals surface area contributed by atoms with E-state index in [1.54, 1.807) is 31.5 Å². The molecular weight excluding hydrogens is 295 g/mol. The number of ether oxygens (including phenoxy) is 1. The summed E-state index contributed by atoms with van der Waals surface area (Å²) in [7, 11) is 0. The van der Waals surface area contributed by atoms with E-state index in [1.807, 2.05) is 17.0 Å². The van der Waals surface area contributed by atoms with Crippen molar-refractivity contribution >= 4 is 5.91 Å². The molecule has 120 valence electrons. The summed E-state index contributed by atoms with van der Waals surface area (Å²) < 4.78 is 18.8. The molecule has 3 rings (SSSR count). The van der Waals surface area contributed by atoms with E-state index in [4.69, 9.17) is 4.74 Å². The number of hydrogen-bond acceptors (Lipinski definition) is 3. The maximum Gasteiger partial charge on any atom is 0.263 e. The third kappa shape index (κ3) is 4.06. The Morgan fingerprint density at radius 2 is 2.09 bits per heavy atom. The highest BCUT2D eigenvalue weighted by atomic mass is 19.1. The molecule has 1 amide bonds. The molecule has 2 aromatic rings. The van der Waals surface area contributed by atoms with Gasteiger partial charge in [-0.15, -0.1) is 0 Å². The summed E-state index contributed by atoms with van der Waals surface area (Å²) in [5.74, 6) is -0.0861. The Morgan fingerprint density at radius 1 is 1.35 bits per heavy atom. The number of carbonyl (C=O) groups excluding carboxylic acids is 1. The quantitative estimate of drug-likeness (QED) is 0.822. The Kier molecular flexibility index (Phi) is 4.55. The SMILES string of the molecule is CC(Oc1cccc(F)c1)C(=O)N(Cc1ccncc1)C1CC1. The predicted octanol–water partition coefficient (Wildman–Crippen LogP) is 3.18. The maximum atomic E-state index is 13.2. The third-order valence-corrected chi connectivity index (χ3v) is 3.83. The van der Waals surface area contributed by atoms with Crippen molar-refractivity contribution in [1.82, 2.24) is 9.88 Å². The van der Waals surface area contributed by atoms with Crippen LogP contribution < -0.4 is 4.74 Å². The van der Waals surface area contributed by atoms with Crippen molar-refractivity contribution in [3.63, 3.8) is 0 Å². The van der Waals surface area contributed by atoms with E-state index in [9.17, 15) is 9.18 Å². The molecule has 1 fully saturated rings. The van der Waals surface area contributed by atoms with E-state index in [-0.39, 0.29) is 17.8 Å². The van der Waals surface area contributed by atoms with Gasteiger partial charge in [-0.1, -0.05) is 6.07 Å². The molecule has 0 aliphatic heterocycles. The highest BCUT2D eigenvalue weighted by Crippen LogP contribution is 2.29. The number of aromatic nitrogens is 1. The number of rotatable bonds is 6. The summed E-state index contributed by atoms with van der Waals surface area (Å²) in [5, 5.41) is 0. The fraction of sp³-hybridized carbons (Fsp3) is 0.333. The molecule has 0 radical (unpaired) electrons. The molecule has 0 bridgehead atoms. The standard InChI is InChI=1S/C18H19FN2O2/c1-13(23-17-4-2-3-15(19)11-17)18(22)21(16-5-6-16)12-14-7-9-20-10-8-14/h2-4,7-11,13,16H,5-6,12H2,1H3. The fourth-order valence-corrected chi connectivity index (χ4v) is 2.49. The molecule has 1 aliphatic carbocycles. The molecule has 5 heteroatoms. The smallest absolute Gasteiger partial charge is 0.263 e. The minimum Gasteiger partial charge on any atom is -0.481 e. The Hall–Kier alpha value is -2.43. The maximum absolute atomic E-state index is 13.2. The number of benzene rings is 1. The van der Waals surface area contributed by atoms with Gasteiger partial charge in [0.25, 0.3) is 5.91 Å². The fourth-order valence-electron chi connectivity index (χ4n) is 2.49. The molecule has 4 nitrogen and oxygen atoms in total. The molecule has 1 aromatic carbocycles. The summed E-state index contributed by atoms with van der Waals surface area (Å²) in [6, 6.07) is 9.93. The topological polar surface area (TPSA) is 42.4 Å². The number of amides is 1. The van der Waals surface area contributed by atoms with E-state index >= 15 is 0 Å². The molecule has 1 saturated carbocycles. The van der Waals surface area contributed by atoms with Crippen LogP contribution in [-0.2, 0) is 11.3 Å². The molecule has 1 atom stereocenters. The van der Waals surface area contributed by atoms with Crippen LogP contribution in [0, 0.1) is 5.82 Å². The van der Waals surface area contributed by atoms with Crippen molar-refractivity contribution in [3.8, 4) is 5.75 Å². The molecule has 1 heterocycles. The second-order valence-corrected chi connectivity index (χ2v) is 5.77. The predicted molar refractivity (Wildman–Crippen MR) is 84.3 cm³/mol. The Balaban J connectivity index is 1.68. The molecule has 0 N–H and O–H groups in total. The van der Waals surface area contributed by atoms with E-state index in [2.05, 4.69) is 4.98 Å². The minimum absolute atomic E-state index is 0.0754. The Bertz CT molecular complexity index is 674. The van der Waals surface area contributed by atoms with Crippen molar-refractivity contribution in [1.29, 1.82) is 0 Å². The first-order valence-corrected chi connectivity index (χ1v) is 7.75. The lowest BCUT2D eigenvalue weighted by Crippen LogP contribution is -2.41. The zero-order valence-corrected chi connectivity index (χ0v) is 13.0. The van der Waals surface area contributed by atoms with Gasteiger partial charge < -0.3 is 9.64 Å². The van der Waals surface area contributed by atoms with Crippen LogP contribution in [0.15, 0.2) is 48.8 Å². The van der Waals surface area contributed by atoms with Crippen molar-refractivity contribution < 1.29 is 13.9 Å². The number of nitrogens with zero attached hydrogens (tertiary/aromatic N) is 2. The summed E-state index contributed by atoms with van der Waals surface area (Å²) in [4.78, 5) is 18.5. The van der Waals surface area contributed by atoms with Crippen molar-refractivity contribution in [3.05, 3.63) is 60.2 Å². The van der Waals surface area contributed by atoms with Crippen LogP contribution >= 0.6 is 0 Å². The first-order chi connectivity index (χ1) is 11.1. The molecule has 0 spiro atoms. The third-order valence-electron chi connectivity index (χ3n) is 3.83. The highest BCUT2D eigenvalue weighted by molar-refractivity contribution is 5.81. The van der Waals surface area contributed by atoms with Crippen LogP contribution in [0.2, 0.25) is 0 Å². The minimum atomic E-state index is -0.653. The second-order valence-electron chi connectivity index (χ2n) is 5.77. The van der Waals surface area contributed by atoms with Crippen molar-refractivity contribution in [2.45, 2.75) is 38.5 Å². The van der Waals surface area contributed by atoms with Gasteiger partial charge in [0, 0.05) is 31.0 Å². The summed E-state index contributed by atoms with van der Waals surface area (Å²) in [5.41, 5.74) is 1.04. The van der Waals surface area contributed by atoms with E-state index in [0.29, 0.717) is 12.3 Å². The normalized spacial score (nSPS) is 15.0. The zero-order valence-electron chi connectivity index (χ0n) is 13.0. The zero-order chi connectivity index (χ0) is 16.2. The van der Waals surface area contributed by atoms with Gasteiger partial charge in [0.05, 0.1) is 0 Å². The lowest BCUT2D eigenvalue weighted by atomic mass is 10.2. The highest BCUT2D eigenvalue weighted by Gasteiger charge is 2.35. The summed E-state index contributed by atoms with van der Waals surface area (Å²) in [6.07, 6.45) is 4.82. The molecule has 1 aliphatic rings. The number of pyridine rings is 1. The monoisotopic (exact) mass is 314 g/mol. The van der Waals surface area contributed by atoms with E-state index < -0.39 is 6.10 Å². The van der Waals surface area contributed by atoms with Crippen molar-refractivity contribution in [2.75, 3.05) is 0 Å². The van der Waals surface area contributed by atoms with Gasteiger partial charge >= 0.3 is 0 Å². The van der Waals surface area contributed by atoms with Crippen LogP contribution in [0.4, 0.5) is 4.39 Å². The van der Waals surface area contributed by atoms with Gasteiger partial charge in [0.1, 0.15) is 11.6 Å². The number of halogens is 1. The van der Waals surface area contributed by atoms with Crippen molar-refractivity contribution in [2.24, 2.45) is 0 Å². The summed E-state index contributed by atoms with van der Waals surface area (Å²) >= 11 is 0. The van der Waals surface area contributed by atoms with Gasteiger partial charge in [-0.2, -0.15) is 0 Å². The van der Waals surface area contributed by atoms with Crippen LogP contribution in [0.1, 0.15) is 25.3 Å². The van der Waals surface area contributed by atoms with Crippen LogP contribution in [0.3, 0.4) is 0 Å². The van der Waals surface area contributed by atoms with Crippen LogP contribution in [0.25, 0.3) is 0 Å². The van der Waals surface area contributed by atoms with Gasteiger partial charge in [0.2, 0.25) is 0 Å². The summed E-state index contributed by atoms with van der Waals surface area (Å²) in [6.45, 7) is 2.25. The first kappa shape index (κ1) is 15.5. The van der Waals surface area contributed by atoms with Gasteiger partial charge in [-0.3, -0.25) is 9.78 Å². The molecule has 1 unspecified atom stereocenters. The average Bonchev–Trinajstić information content (AvgIpc) is 3.38. The first-order valence-electron chi connectivity index (χ1n) is 7.75. The van der Waals surface area contributed by atoms with E-state index in [1.165, 1.54) is 12.1 Å². The van der Waals surface area contributed by atoms with E-state index in [0.717, 1.165) is 18.4 Å². The Morgan fingerprint density at radius 3 is 2.74 bits per heavy atom. The molecule has 0 saturated heterocycles. The van der Waals surface area contributed by atoms with Gasteiger partial charge in [-0.25, -0.2) is 4.39 Å². The average molecular weight is 314 g/mol. The lowest BCUT2D eigenvalue weighted by Gasteiger charge is -2.26. The number of hydrogen-bond donors (Lipinski definition) is 0. The van der Waals surface area contributed by atoms with Gasteiger partial charge in [-0.05, 0) is 49.6 Å². The van der Waals surface area contributed by atoms with Crippen LogP contribution in [-0.4, -0.2) is 27.9 Å². The second kappa shape index (κ2) is 6.77. The number of carbonyl (C=O) groups is 1. The molecule has 1 aromatic heterocycles. The van der Waals surface area contributed by atoms with Crippen LogP contribution in [0.5, 0.6) is 5.75 Å². The van der Waals surface area contributed by atoms with Gasteiger partial charge in [0.15, 0.2) is 6.10 Å². The lowest BCUT2D eigenvalue weighted by molar-refractivity contribution is -0.139. The Labute approximate surface area is 134 Å².